The zero-order chi connectivity index (χ0) is 25.1. The van der Waals surface area contributed by atoms with Crippen LogP contribution < -0.4 is 20.1 Å². The lowest BCUT2D eigenvalue weighted by Crippen LogP contribution is -2.35. The van der Waals surface area contributed by atoms with Crippen molar-refractivity contribution in [1.82, 2.24) is 15.3 Å². The number of carbonyl (C=O) groups excluding carboxylic acids is 1. The minimum atomic E-state index is -0.501. The highest BCUT2D eigenvalue weighted by molar-refractivity contribution is 6.07. The number of benzene rings is 1. The maximum atomic E-state index is 14.5. The van der Waals surface area contributed by atoms with E-state index in [0.29, 0.717) is 54.7 Å². The van der Waals surface area contributed by atoms with Crippen molar-refractivity contribution >= 4 is 17.3 Å². The van der Waals surface area contributed by atoms with Crippen LogP contribution in [-0.2, 0) is 4.74 Å². The minimum Gasteiger partial charge on any atom is -0.492 e. The zero-order valence-electron chi connectivity index (χ0n) is 20.3. The third-order valence-corrected chi connectivity index (χ3v) is 6.57. The average Bonchev–Trinajstić information content (AvgIpc) is 3.25. The van der Waals surface area contributed by atoms with Gasteiger partial charge in [0.05, 0.1) is 49.2 Å². The number of ether oxygens (including phenoxy) is 3. The number of amides is 1. The highest BCUT2D eigenvalue weighted by Crippen LogP contribution is 2.44. The average molecular weight is 493 g/mol. The van der Waals surface area contributed by atoms with Crippen molar-refractivity contribution in [2.75, 3.05) is 38.8 Å². The van der Waals surface area contributed by atoms with Gasteiger partial charge in [-0.2, -0.15) is 0 Å². The quantitative estimate of drug-likeness (QED) is 0.449. The number of anilines is 2. The molecule has 1 amide bonds. The van der Waals surface area contributed by atoms with E-state index in [9.17, 15) is 9.18 Å². The number of aromatic amines is 1. The molecule has 3 N–H and O–H groups in total. The van der Waals surface area contributed by atoms with Crippen molar-refractivity contribution in [2.45, 2.75) is 25.7 Å². The van der Waals surface area contributed by atoms with Gasteiger partial charge in [-0.25, -0.2) is 4.39 Å². The number of halogens is 1. The lowest BCUT2D eigenvalue weighted by Gasteiger charge is -2.24. The van der Waals surface area contributed by atoms with E-state index in [1.165, 1.54) is 18.7 Å². The number of aromatic nitrogens is 2. The summed E-state index contributed by atoms with van der Waals surface area (Å²) in [6.45, 7) is 4.09. The van der Waals surface area contributed by atoms with E-state index < -0.39 is 5.82 Å². The molecule has 9 heteroatoms. The van der Waals surface area contributed by atoms with Crippen LogP contribution in [0.5, 0.6) is 11.5 Å². The van der Waals surface area contributed by atoms with Gasteiger partial charge < -0.3 is 29.8 Å². The third-order valence-electron chi connectivity index (χ3n) is 6.57. The van der Waals surface area contributed by atoms with Gasteiger partial charge in [-0.05, 0) is 31.5 Å². The number of rotatable bonds is 3. The molecule has 1 unspecified atom stereocenters. The maximum Gasteiger partial charge on any atom is 0.255 e. The summed E-state index contributed by atoms with van der Waals surface area (Å²) < 4.78 is 31.8. The van der Waals surface area contributed by atoms with Gasteiger partial charge in [0.1, 0.15) is 5.75 Å². The number of hydrogen-bond donors (Lipinski definition) is 3. The van der Waals surface area contributed by atoms with E-state index >= 15 is 0 Å². The van der Waals surface area contributed by atoms with Crippen LogP contribution >= 0.6 is 0 Å². The summed E-state index contributed by atoms with van der Waals surface area (Å²) >= 11 is 0. The third kappa shape index (κ3) is 4.66. The second-order valence-electron chi connectivity index (χ2n) is 8.90. The summed E-state index contributed by atoms with van der Waals surface area (Å²) in [5.41, 5.74) is 4.81. The minimum absolute atomic E-state index is 0.0165. The molecule has 0 radical (unpaired) electrons. The van der Waals surface area contributed by atoms with Crippen LogP contribution in [0.2, 0.25) is 0 Å². The number of nitrogens with one attached hydrogen (secondary N) is 3. The van der Waals surface area contributed by atoms with Crippen LogP contribution in [0.4, 0.5) is 15.8 Å². The number of carbonyl (C=O) groups is 1. The van der Waals surface area contributed by atoms with Gasteiger partial charge in [-0.3, -0.25) is 9.78 Å². The normalized spacial score (nSPS) is 19.5. The molecule has 4 heterocycles. The van der Waals surface area contributed by atoms with Crippen LogP contribution in [0.25, 0.3) is 11.3 Å². The van der Waals surface area contributed by atoms with Gasteiger partial charge in [0, 0.05) is 42.9 Å². The molecule has 2 aromatic heterocycles. The Hall–Kier alpha value is -3.85. The summed E-state index contributed by atoms with van der Waals surface area (Å²) in [6.07, 6.45) is 6.89. The van der Waals surface area contributed by atoms with Gasteiger partial charge >= 0.3 is 0 Å². The molecule has 2 bridgehead atoms. The van der Waals surface area contributed by atoms with Crippen LogP contribution in [-0.4, -0.2) is 49.4 Å². The van der Waals surface area contributed by atoms with Gasteiger partial charge in [0.2, 0.25) is 0 Å². The molecular formula is C27H29FN4O4. The van der Waals surface area contributed by atoms with Gasteiger partial charge in [0.25, 0.3) is 5.91 Å². The second kappa shape index (κ2) is 10.4. The molecule has 5 rings (SSSR count). The first-order valence-electron chi connectivity index (χ1n) is 12.0. The highest BCUT2D eigenvalue weighted by Gasteiger charge is 2.33. The monoisotopic (exact) mass is 492 g/mol. The largest absolute Gasteiger partial charge is 0.492 e. The van der Waals surface area contributed by atoms with Gasteiger partial charge in [-0.15, -0.1) is 0 Å². The SMILES string of the molecule is COc1c(F)cccc1Nc1c2[nH]c3c1C(=O)NCC3CCOC/C=C(\C)CCOc1cnccc1-2. The first kappa shape index (κ1) is 23.9. The van der Waals surface area contributed by atoms with E-state index in [-0.39, 0.29) is 17.6 Å². The molecular weight excluding hydrogens is 463 g/mol. The van der Waals surface area contributed by atoms with Crippen LogP contribution in [0, 0.1) is 5.82 Å². The summed E-state index contributed by atoms with van der Waals surface area (Å²) in [4.78, 5) is 20.9. The molecule has 2 aliphatic rings. The first-order valence-corrected chi connectivity index (χ1v) is 12.0. The van der Waals surface area contributed by atoms with Crippen molar-refractivity contribution < 1.29 is 23.4 Å². The topological polar surface area (TPSA) is 97.5 Å². The second-order valence-corrected chi connectivity index (χ2v) is 8.90. The van der Waals surface area contributed by atoms with Crippen molar-refractivity contribution in [2.24, 2.45) is 0 Å². The van der Waals surface area contributed by atoms with E-state index in [4.69, 9.17) is 14.2 Å². The molecule has 2 aliphatic heterocycles. The summed E-state index contributed by atoms with van der Waals surface area (Å²) in [6, 6.07) is 6.48. The van der Waals surface area contributed by atoms with Crippen molar-refractivity contribution in [3.63, 3.8) is 0 Å². The fourth-order valence-electron chi connectivity index (χ4n) is 4.63. The van der Waals surface area contributed by atoms with E-state index in [1.807, 2.05) is 6.07 Å². The summed E-state index contributed by atoms with van der Waals surface area (Å²) in [5.74, 6) is -0.0447. The molecule has 3 aromatic rings. The number of pyridine rings is 1. The molecule has 0 saturated carbocycles. The molecule has 1 atom stereocenters. The summed E-state index contributed by atoms with van der Waals surface area (Å²) in [7, 11) is 1.41. The predicted molar refractivity (Wildman–Crippen MR) is 135 cm³/mol. The molecule has 0 aliphatic carbocycles. The number of hydrogen-bond acceptors (Lipinski definition) is 6. The fourth-order valence-corrected chi connectivity index (χ4v) is 4.63. The fraction of sp³-hybridized carbons (Fsp3) is 0.333. The van der Waals surface area contributed by atoms with Crippen LogP contribution in [0.3, 0.4) is 0 Å². The van der Waals surface area contributed by atoms with Crippen molar-refractivity contribution in [3.05, 3.63) is 65.4 Å². The van der Waals surface area contributed by atoms with Gasteiger partial charge in [0.15, 0.2) is 11.6 Å². The number of fused-ring (bicyclic) bond motifs is 3. The first-order chi connectivity index (χ1) is 17.6. The molecule has 8 nitrogen and oxygen atoms in total. The predicted octanol–water partition coefficient (Wildman–Crippen LogP) is 4.93. The Labute approximate surface area is 208 Å². The molecule has 0 spiro atoms. The van der Waals surface area contributed by atoms with Gasteiger partial charge in [-0.1, -0.05) is 17.7 Å². The molecule has 0 saturated heterocycles. The smallest absolute Gasteiger partial charge is 0.255 e. The Balaban J connectivity index is 1.67. The molecule has 1 aromatic carbocycles. The molecule has 0 fully saturated rings. The molecule has 188 valence electrons. The van der Waals surface area contributed by atoms with Crippen molar-refractivity contribution in [1.29, 1.82) is 0 Å². The van der Waals surface area contributed by atoms with E-state index in [2.05, 4.69) is 33.6 Å². The Bertz CT molecular complexity index is 1300. The standard InChI is InChI=1S/C27H29FN4O4/c1-16-7-11-35-12-9-17-14-30-27(33)22-23(17)32-24(18-6-10-29-15-21(18)36-13-8-16)25(22)31-20-5-3-4-19(28)26(20)34-2/h3-7,10,15,17,31-32H,8-9,11-14H2,1-2H3,(H,30,33)/b16-7+. The Morgan fingerprint density at radius 1 is 1.25 bits per heavy atom. The number of para-hydroxylation sites is 1. The van der Waals surface area contributed by atoms with Crippen LogP contribution in [0.15, 0.2) is 48.3 Å². The Morgan fingerprint density at radius 3 is 3.00 bits per heavy atom. The molecule has 36 heavy (non-hydrogen) atoms. The maximum absolute atomic E-state index is 14.5. The van der Waals surface area contributed by atoms with E-state index in [0.717, 1.165) is 24.1 Å². The number of H-pyrrole nitrogens is 1. The zero-order valence-corrected chi connectivity index (χ0v) is 20.3. The lowest BCUT2D eigenvalue weighted by atomic mass is 9.93. The van der Waals surface area contributed by atoms with Crippen molar-refractivity contribution in [3.8, 4) is 22.8 Å². The number of nitrogens with zero attached hydrogens (tertiary/aromatic N) is 1. The number of methoxy groups -OCH3 is 1. The van der Waals surface area contributed by atoms with E-state index in [1.54, 1.807) is 24.5 Å². The Morgan fingerprint density at radius 2 is 2.14 bits per heavy atom. The Kier molecular flexibility index (Phi) is 6.90. The highest BCUT2D eigenvalue weighted by atomic mass is 19.1. The van der Waals surface area contributed by atoms with Crippen LogP contribution in [0.1, 0.15) is 41.7 Å². The summed E-state index contributed by atoms with van der Waals surface area (Å²) in [5, 5.41) is 6.29. The lowest BCUT2D eigenvalue weighted by molar-refractivity contribution is 0.0932.